The highest BCUT2D eigenvalue weighted by molar-refractivity contribution is 5.22. The first kappa shape index (κ1) is 14.9. The van der Waals surface area contributed by atoms with Crippen LogP contribution in [0.5, 0.6) is 0 Å². The second-order valence-corrected chi connectivity index (χ2v) is 6.65. The zero-order valence-electron chi connectivity index (χ0n) is 12.8. The molecule has 2 fully saturated rings. The molecule has 3 rings (SSSR count). The summed E-state index contributed by atoms with van der Waals surface area (Å²) in [7, 11) is 2.23. The third-order valence-electron chi connectivity index (χ3n) is 5.34. The molecule has 21 heavy (non-hydrogen) atoms. The Morgan fingerprint density at radius 1 is 1.19 bits per heavy atom. The van der Waals surface area contributed by atoms with Gasteiger partial charge in [-0.2, -0.15) is 0 Å². The van der Waals surface area contributed by atoms with Crippen LogP contribution in [-0.2, 0) is 0 Å². The fourth-order valence-corrected chi connectivity index (χ4v) is 4.06. The number of hydrogen-bond donors (Lipinski definition) is 1. The highest BCUT2D eigenvalue weighted by atomic mass is 19.1. The second kappa shape index (κ2) is 6.01. The van der Waals surface area contributed by atoms with Gasteiger partial charge in [-0.15, -0.1) is 0 Å². The van der Waals surface area contributed by atoms with E-state index in [4.69, 9.17) is 0 Å². The molecule has 0 saturated carbocycles. The Balaban J connectivity index is 1.58. The molecule has 2 nitrogen and oxygen atoms in total. The van der Waals surface area contributed by atoms with Crippen LogP contribution in [0.4, 0.5) is 8.78 Å². The quantitative estimate of drug-likeness (QED) is 0.914. The summed E-state index contributed by atoms with van der Waals surface area (Å²) in [5.74, 6) is -0.298. The summed E-state index contributed by atoms with van der Waals surface area (Å²) in [6.07, 6.45) is 5.00. The van der Waals surface area contributed by atoms with Crippen molar-refractivity contribution in [1.29, 1.82) is 0 Å². The maximum atomic E-state index is 13.8. The number of piperidine rings is 1. The van der Waals surface area contributed by atoms with Crippen LogP contribution in [0.1, 0.15) is 44.2 Å². The average molecular weight is 294 g/mol. The van der Waals surface area contributed by atoms with Gasteiger partial charge in [-0.25, -0.2) is 8.78 Å². The lowest BCUT2D eigenvalue weighted by Crippen LogP contribution is -2.42. The van der Waals surface area contributed by atoms with E-state index in [-0.39, 0.29) is 11.6 Å². The van der Waals surface area contributed by atoms with Gasteiger partial charge >= 0.3 is 0 Å². The molecule has 0 aromatic heterocycles. The molecule has 1 aromatic carbocycles. The summed E-state index contributed by atoms with van der Waals surface area (Å²) in [6, 6.07) is 5.18. The van der Waals surface area contributed by atoms with Gasteiger partial charge in [-0.3, -0.25) is 0 Å². The first-order valence-electron chi connectivity index (χ1n) is 7.95. The van der Waals surface area contributed by atoms with Gasteiger partial charge in [-0.05, 0) is 64.3 Å². The molecular weight excluding hydrogens is 270 g/mol. The van der Waals surface area contributed by atoms with Crippen LogP contribution >= 0.6 is 0 Å². The smallest absolute Gasteiger partial charge is 0.130 e. The largest absolute Gasteiger partial charge is 0.310 e. The van der Waals surface area contributed by atoms with Crippen molar-refractivity contribution in [2.45, 2.75) is 50.7 Å². The van der Waals surface area contributed by atoms with Crippen molar-refractivity contribution >= 4 is 0 Å². The van der Waals surface area contributed by atoms with Gasteiger partial charge in [0.05, 0.1) is 0 Å². The average Bonchev–Trinajstić information content (AvgIpc) is 2.67. The molecule has 2 aliphatic heterocycles. The predicted octanol–water partition coefficient (Wildman–Crippen LogP) is 3.49. The Kier molecular flexibility index (Phi) is 4.27. The molecule has 3 atom stereocenters. The molecule has 3 unspecified atom stereocenters. The number of nitrogens with zero attached hydrogens (tertiary/aromatic N) is 1. The topological polar surface area (TPSA) is 15.3 Å². The van der Waals surface area contributed by atoms with Crippen LogP contribution in [0.15, 0.2) is 18.2 Å². The van der Waals surface area contributed by atoms with Gasteiger partial charge in [0.2, 0.25) is 0 Å². The van der Waals surface area contributed by atoms with Crippen LogP contribution in [0.2, 0.25) is 0 Å². The summed E-state index contributed by atoms with van der Waals surface area (Å²) in [5, 5.41) is 3.34. The van der Waals surface area contributed by atoms with E-state index in [0.717, 1.165) is 6.54 Å². The van der Waals surface area contributed by atoms with Crippen LogP contribution in [0.3, 0.4) is 0 Å². The lowest BCUT2D eigenvalue weighted by Gasteiger charge is -2.36. The van der Waals surface area contributed by atoms with E-state index >= 15 is 0 Å². The van der Waals surface area contributed by atoms with Gasteiger partial charge in [-0.1, -0.05) is 6.07 Å². The molecule has 2 saturated heterocycles. The monoisotopic (exact) mass is 294 g/mol. The van der Waals surface area contributed by atoms with Crippen LogP contribution < -0.4 is 5.32 Å². The van der Waals surface area contributed by atoms with Crippen molar-refractivity contribution in [2.24, 2.45) is 5.92 Å². The van der Waals surface area contributed by atoms with E-state index in [1.807, 2.05) is 6.92 Å². The summed E-state index contributed by atoms with van der Waals surface area (Å²) in [6.45, 7) is 2.68. The van der Waals surface area contributed by atoms with Crippen molar-refractivity contribution < 1.29 is 8.78 Å². The second-order valence-electron chi connectivity index (χ2n) is 6.65. The molecular formula is C17H24F2N2. The highest BCUT2D eigenvalue weighted by Crippen LogP contribution is 2.37. The summed E-state index contributed by atoms with van der Waals surface area (Å²) in [4.78, 5) is 2.51. The Hall–Kier alpha value is -1.00. The van der Waals surface area contributed by atoms with E-state index in [1.54, 1.807) is 0 Å². The lowest BCUT2D eigenvalue weighted by molar-refractivity contribution is 0.131. The number of fused-ring (bicyclic) bond motifs is 2. The number of halogens is 2. The Morgan fingerprint density at radius 3 is 2.33 bits per heavy atom. The van der Waals surface area contributed by atoms with Gasteiger partial charge in [0.25, 0.3) is 0 Å². The molecule has 2 bridgehead atoms. The number of benzene rings is 1. The molecule has 116 valence electrons. The summed E-state index contributed by atoms with van der Waals surface area (Å²) < 4.78 is 27.5. The van der Waals surface area contributed by atoms with Gasteiger partial charge in [0.1, 0.15) is 11.6 Å². The van der Waals surface area contributed by atoms with Crippen molar-refractivity contribution in [3.05, 3.63) is 35.4 Å². The maximum absolute atomic E-state index is 13.8. The zero-order chi connectivity index (χ0) is 15.0. The molecule has 0 aliphatic carbocycles. The van der Waals surface area contributed by atoms with Crippen molar-refractivity contribution in [3.63, 3.8) is 0 Å². The Morgan fingerprint density at radius 2 is 1.76 bits per heavy atom. The molecule has 0 amide bonds. The molecule has 1 N–H and O–H groups in total. The first-order valence-corrected chi connectivity index (χ1v) is 7.95. The van der Waals surface area contributed by atoms with Crippen molar-refractivity contribution in [3.8, 4) is 0 Å². The molecule has 1 aromatic rings. The zero-order valence-corrected chi connectivity index (χ0v) is 12.8. The normalized spacial score (nSPS) is 30.6. The van der Waals surface area contributed by atoms with Crippen LogP contribution in [0.25, 0.3) is 0 Å². The van der Waals surface area contributed by atoms with Crippen LogP contribution in [0, 0.1) is 17.6 Å². The standard InChI is InChI=1S/C17H24F2N2/c1-11(17-15(18)4-3-5-16(17)19)20-10-12-8-13-6-7-14(9-12)21(13)2/h3-5,11-14,20H,6-10H2,1-2H3. The summed E-state index contributed by atoms with van der Waals surface area (Å²) in [5.41, 5.74) is 0.161. The van der Waals surface area contributed by atoms with Gasteiger partial charge < -0.3 is 10.2 Å². The molecule has 4 heteroatoms. The Bertz CT molecular complexity index is 471. The SMILES string of the molecule is CC(NCC1CC2CCC(C1)N2C)c1c(F)cccc1F. The molecule has 0 spiro atoms. The predicted molar refractivity (Wildman–Crippen MR) is 80.1 cm³/mol. The highest BCUT2D eigenvalue weighted by Gasteiger charge is 2.38. The third-order valence-corrected chi connectivity index (χ3v) is 5.34. The van der Waals surface area contributed by atoms with Gasteiger partial charge in [0.15, 0.2) is 0 Å². The van der Waals surface area contributed by atoms with E-state index in [0.29, 0.717) is 18.0 Å². The van der Waals surface area contributed by atoms with E-state index in [9.17, 15) is 8.78 Å². The van der Waals surface area contributed by atoms with Crippen LogP contribution in [-0.4, -0.2) is 30.6 Å². The Labute approximate surface area is 125 Å². The minimum absolute atomic E-state index is 0.161. The number of hydrogen-bond acceptors (Lipinski definition) is 2. The maximum Gasteiger partial charge on any atom is 0.130 e. The number of nitrogens with one attached hydrogen (secondary N) is 1. The van der Waals surface area contributed by atoms with E-state index in [1.165, 1.54) is 43.9 Å². The molecule has 2 aliphatic rings. The van der Waals surface area contributed by atoms with E-state index < -0.39 is 11.6 Å². The van der Waals surface area contributed by atoms with Gasteiger partial charge in [0, 0.05) is 23.7 Å². The summed E-state index contributed by atoms with van der Waals surface area (Å²) >= 11 is 0. The first-order chi connectivity index (χ1) is 10.1. The number of rotatable bonds is 4. The third kappa shape index (κ3) is 2.97. The fourth-order valence-electron chi connectivity index (χ4n) is 4.06. The molecule has 0 radical (unpaired) electrons. The van der Waals surface area contributed by atoms with E-state index in [2.05, 4.69) is 17.3 Å². The molecule has 2 heterocycles. The van der Waals surface area contributed by atoms with Crippen molar-refractivity contribution in [1.82, 2.24) is 10.2 Å². The minimum Gasteiger partial charge on any atom is -0.310 e. The lowest BCUT2D eigenvalue weighted by atomic mass is 9.90. The fraction of sp³-hybridized carbons (Fsp3) is 0.647. The minimum atomic E-state index is -0.460. The van der Waals surface area contributed by atoms with Crippen molar-refractivity contribution in [2.75, 3.05) is 13.6 Å².